The van der Waals surface area contributed by atoms with E-state index in [-0.39, 0.29) is 6.54 Å². The zero-order valence-corrected chi connectivity index (χ0v) is 16.3. The molecule has 142 valence electrons. The second kappa shape index (κ2) is 7.09. The predicted molar refractivity (Wildman–Crippen MR) is 98.2 cm³/mol. The Labute approximate surface area is 154 Å². The molecule has 8 heteroatoms. The number of nitrogens with one attached hydrogen (secondary N) is 1. The van der Waals surface area contributed by atoms with E-state index >= 15 is 0 Å². The molecule has 1 aromatic carbocycles. The first-order chi connectivity index (χ1) is 12.2. The number of aromatic nitrogens is 2. The van der Waals surface area contributed by atoms with E-state index in [1.165, 1.54) is 0 Å². The van der Waals surface area contributed by atoms with Crippen LogP contribution >= 0.6 is 0 Å². The maximum atomic E-state index is 12.6. The summed E-state index contributed by atoms with van der Waals surface area (Å²) in [5.41, 5.74) is 8.33. The summed E-state index contributed by atoms with van der Waals surface area (Å²) in [7, 11) is -3.59. The van der Waals surface area contributed by atoms with Crippen LogP contribution in [0.15, 0.2) is 21.6 Å². The lowest BCUT2D eigenvalue weighted by Crippen LogP contribution is -2.34. The Balaban J connectivity index is 1.66. The molecule has 7 nitrogen and oxygen atoms in total. The Morgan fingerprint density at radius 1 is 1.19 bits per heavy atom. The first kappa shape index (κ1) is 19.0. The number of nitrogens with two attached hydrogens (primary N) is 1. The highest BCUT2D eigenvalue weighted by Gasteiger charge is 2.35. The number of benzene rings is 1. The van der Waals surface area contributed by atoms with Gasteiger partial charge in [0.05, 0.1) is 10.4 Å². The summed E-state index contributed by atoms with van der Waals surface area (Å²) in [4.78, 5) is 4.70. The molecular formula is C18H26N4O3S. The molecule has 0 unspecified atom stereocenters. The lowest BCUT2D eigenvalue weighted by Gasteiger charge is -2.17. The van der Waals surface area contributed by atoms with Crippen LogP contribution in [-0.2, 0) is 22.0 Å². The van der Waals surface area contributed by atoms with Crippen molar-refractivity contribution >= 4 is 10.0 Å². The van der Waals surface area contributed by atoms with Gasteiger partial charge in [-0.3, -0.25) is 0 Å². The highest BCUT2D eigenvalue weighted by molar-refractivity contribution is 7.89. The first-order valence-electron chi connectivity index (χ1n) is 8.91. The largest absolute Gasteiger partial charge is 0.339 e. The van der Waals surface area contributed by atoms with Gasteiger partial charge in [-0.1, -0.05) is 35.7 Å². The van der Waals surface area contributed by atoms with Crippen LogP contribution in [0.3, 0.4) is 0 Å². The summed E-state index contributed by atoms with van der Waals surface area (Å²) in [5.74, 6) is 0.926. The molecule has 1 saturated carbocycles. The molecule has 0 radical (unpaired) electrons. The second-order valence-corrected chi connectivity index (χ2v) is 8.95. The molecule has 1 fully saturated rings. The smallest absolute Gasteiger partial charge is 0.241 e. The molecule has 0 saturated heterocycles. The lowest BCUT2D eigenvalue weighted by molar-refractivity contribution is 0.348. The van der Waals surface area contributed by atoms with E-state index in [1.54, 1.807) is 13.8 Å². The van der Waals surface area contributed by atoms with Crippen LogP contribution < -0.4 is 10.5 Å². The SMILES string of the molecule is Cc1cc(C)c(S(=O)(=O)NCCc2nc(C3(N)CCCC3)no2)c(C)c1. The molecule has 0 aliphatic heterocycles. The Kier molecular flexibility index (Phi) is 5.18. The molecule has 3 rings (SSSR count). The summed E-state index contributed by atoms with van der Waals surface area (Å²) in [6.07, 6.45) is 4.16. The van der Waals surface area contributed by atoms with Crippen LogP contribution in [0.2, 0.25) is 0 Å². The number of rotatable bonds is 6. The van der Waals surface area contributed by atoms with Gasteiger partial charge in [-0.2, -0.15) is 4.98 Å². The minimum Gasteiger partial charge on any atom is -0.339 e. The van der Waals surface area contributed by atoms with Crippen molar-refractivity contribution < 1.29 is 12.9 Å². The van der Waals surface area contributed by atoms with Gasteiger partial charge >= 0.3 is 0 Å². The van der Waals surface area contributed by atoms with E-state index in [1.807, 2.05) is 19.1 Å². The van der Waals surface area contributed by atoms with Crippen LogP contribution in [0, 0.1) is 20.8 Å². The van der Waals surface area contributed by atoms with E-state index in [9.17, 15) is 8.42 Å². The highest BCUT2D eigenvalue weighted by Crippen LogP contribution is 2.34. The Morgan fingerprint density at radius 2 is 1.81 bits per heavy atom. The van der Waals surface area contributed by atoms with Gasteiger partial charge < -0.3 is 10.3 Å². The molecule has 0 spiro atoms. The van der Waals surface area contributed by atoms with Gasteiger partial charge in [-0.15, -0.1) is 0 Å². The molecule has 0 atom stereocenters. The summed E-state index contributed by atoms with van der Waals surface area (Å²) in [6, 6.07) is 3.74. The molecule has 1 aliphatic rings. The number of nitrogens with zero attached hydrogens (tertiary/aromatic N) is 2. The van der Waals surface area contributed by atoms with Crippen LogP contribution in [0.1, 0.15) is 54.1 Å². The van der Waals surface area contributed by atoms with E-state index in [4.69, 9.17) is 10.3 Å². The van der Waals surface area contributed by atoms with Crippen molar-refractivity contribution in [2.24, 2.45) is 5.73 Å². The van der Waals surface area contributed by atoms with Crippen molar-refractivity contribution in [2.45, 2.75) is 63.3 Å². The molecular weight excluding hydrogens is 352 g/mol. The van der Waals surface area contributed by atoms with Crippen molar-refractivity contribution in [3.05, 3.63) is 40.5 Å². The molecule has 1 aromatic heterocycles. The van der Waals surface area contributed by atoms with Crippen LogP contribution in [0.5, 0.6) is 0 Å². The Hall–Kier alpha value is -1.77. The van der Waals surface area contributed by atoms with Gasteiger partial charge in [0, 0.05) is 13.0 Å². The average Bonchev–Trinajstić information content (AvgIpc) is 3.15. The maximum absolute atomic E-state index is 12.6. The van der Waals surface area contributed by atoms with Crippen LogP contribution in [-0.4, -0.2) is 25.1 Å². The average molecular weight is 378 g/mol. The molecule has 26 heavy (non-hydrogen) atoms. The molecule has 1 heterocycles. The van der Waals surface area contributed by atoms with Crippen molar-refractivity contribution in [3.8, 4) is 0 Å². The third kappa shape index (κ3) is 3.82. The summed E-state index contributed by atoms with van der Waals surface area (Å²) >= 11 is 0. The third-order valence-corrected chi connectivity index (χ3v) is 6.68. The van der Waals surface area contributed by atoms with Gasteiger partial charge in [0.15, 0.2) is 5.82 Å². The monoisotopic (exact) mass is 378 g/mol. The Bertz CT molecular complexity index is 876. The molecule has 3 N–H and O–H groups in total. The van der Waals surface area contributed by atoms with Gasteiger partial charge in [0.25, 0.3) is 0 Å². The summed E-state index contributed by atoms with van der Waals surface area (Å²) in [5, 5.41) is 3.99. The number of hydrogen-bond acceptors (Lipinski definition) is 6. The molecule has 2 aromatic rings. The van der Waals surface area contributed by atoms with Crippen LogP contribution in [0.25, 0.3) is 0 Å². The molecule has 0 amide bonds. The van der Waals surface area contributed by atoms with Gasteiger partial charge in [0.2, 0.25) is 15.9 Å². The van der Waals surface area contributed by atoms with E-state index in [0.717, 1.165) is 42.4 Å². The number of sulfonamides is 1. The quantitative estimate of drug-likeness (QED) is 0.797. The summed E-state index contributed by atoms with van der Waals surface area (Å²) < 4.78 is 33.2. The fraction of sp³-hybridized carbons (Fsp3) is 0.556. The van der Waals surface area contributed by atoms with E-state index in [2.05, 4.69) is 14.9 Å². The first-order valence-corrected chi connectivity index (χ1v) is 10.4. The highest BCUT2D eigenvalue weighted by atomic mass is 32.2. The summed E-state index contributed by atoms with van der Waals surface area (Å²) in [6.45, 7) is 5.75. The van der Waals surface area contributed by atoms with Crippen LogP contribution in [0.4, 0.5) is 0 Å². The Morgan fingerprint density at radius 3 is 2.42 bits per heavy atom. The molecule has 1 aliphatic carbocycles. The third-order valence-electron chi connectivity index (χ3n) is 4.91. The number of hydrogen-bond donors (Lipinski definition) is 2. The predicted octanol–water partition coefficient (Wildman–Crippen LogP) is 2.24. The minimum atomic E-state index is -3.59. The molecule has 0 bridgehead atoms. The minimum absolute atomic E-state index is 0.189. The normalized spacial score (nSPS) is 16.9. The topological polar surface area (TPSA) is 111 Å². The fourth-order valence-corrected chi connectivity index (χ4v) is 5.22. The van der Waals surface area contributed by atoms with E-state index < -0.39 is 15.6 Å². The van der Waals surface area contributed by atoms with Gasteiger partial charge in [-0.05, 0) is 44.7 Å². The van der Waals surface area contributed by atoms with Crippen molar-refractivity contribution in [1.29, 1.82) is 0 Å². The van der Waals surface area contributed by atoms with Gasteiger partial charge in [-0.25, -0.2) is 13.1 Å². The van der Waals surface area contributed by atoms with Gasteiger partial charge in [0.1, 0.15) is 0 Å². The standard InChI is InChI=1S/C18H26N4O3S/c1-12-10-13(2)16(14(3)11-12)26(23,24)20-9-6-15-21-17(22-25-15)18(19)7-4-5-8-18/h10-11,20H,4-9,19H2,1-3H3. The van der Waals surface area contributed by atoms with E-state index in [0.29, 0.717) is 23.0 Å². The zero-order valence-electron chi connectivity index (χ0n) is 15.5. The van der Waals surface area contributed by atoms with Crippen molar-refractivity contribution in [3.63, 3.8) is 0 Å². The maximum Gasteiger partial charge on any atom is 0.241 e. The number of aryl methyl sites for hydroxylation is 3. The second-order valence-electron chi connectivity index (χ2n) is 7.25. The lowest BCUT2D eigenvalue weighted by atomic mass is 9.99. The zero-order chi connectivity index (χ0) is 18.9. The van der Waals surface area contributed by atoms with Crippen molar-refractivity contribution in [2.75, 3.05) is 6.54 Å². The fourth-order valence-electron chi connectivity index (χ4n) is 3.74. The van der Waals surface area contributed by atoms with Crippen molar-refractivity contribution in [1.82, 2.24) is 14.9 Å².